The van der Waals surface area contributed by atoms with Gasteiger partial charge in [0.1, 0.15) is 6.04 Å². The van der Waals surface area contributed by atoms with Gasteiger partial charge in [0.25, 0.3) is 5.91 Å². The smallest absolute Gasteiger partial charge is 0.255 e. The van der Waals surface area contributed by atoms with E-state index in [0.717, 1.165) is 24.1 Å². The van der Waals surface area contributed by atoms with Crippen LogP contribution in [0.15, 0.2) is 48.5 Å². The summed E-state index contributed by atoms with van der Waals surface area (Å²) in [6.07, 6.45) is 2.41. The molecule has 0 saturated heterocycles. The van der Waals surface area contributed by atoms with E-state index in [0.29, 0.717) is 18.5 Å². The van der Waals surface area contributed by atoms with Crippen molar-refractivity contribution >= 4 is 17.5 Å². The molecule has 3 rings (SSSR count). The Labute approximate surface area is 148 Å². The second-order valence-corrected chi connectivity index (χ2v) is 6.44. The summed E-state index contributed by atoms with van der Waals surface area (Å²) in [6, 6.07) is 15.0. The summed E-state index contributed by atoms with van der Waals surface area (Å²) >= 11 is 0. The predicted octanol–water partition coefficient (Wildman–Crippen LogP) is 4.01. The van der Waals surface area contributed by atoms with E-state index in [1.165, 1.54) is 5.56 Å². The molecule has 130 valence electrons. The van der Waals surface area contributed by atoms with Crippen molar-refractivity contribution in [3.63, 3.8) is 0 Å². The molecule has 2 aromatic carbocycles. The topological polar surface area (TPSA) is 49.4 Å². The van der Waals surface area contributed by atoms with Crippen LogP contribution in [0.3, 0.4) is 0 Å². The Balaban J connectivity index is 1.79. The van der Waals surface area contributed by atoms with Crippen LogP contribution in [0.4, 0.5) is 5.69 Å². The zero-order chi connectivity index (χ0) is 17.8. The van der Waals surface area contributed by atoms with E-state index in [1.54, 1.807) is 4.90 Å². The van der Waals surface area contributed by atoms with Crippen molar-refractivity contribution in [1.29, 1.82) is 0 Å². The number of fused-ring (bicyclic) bond motifs is 1. The highest BCUT2D eigenvalue weighted by molar-refractivity contribution is 6.03. The molecule has 25 heavy (non-hydrogen) atoms. The molecule has 0 aromatic heterocycles. The summed E-state index contributed by atoms with van der Waals surface area (Å²) in [6.45, 7) is 4.62. The standard InChI is InChI=1S/C21H24N2O2/c1-3-8-19(20(24)22-17-11-7-9-15(4-2)13-17)23-14-16-10-5-6-12-18(16)21(23)25/h5-7,9-13,19H,3-4,8,14H2,1-2H3,(H,22,24)/t19-/m0/s1. The number of nitrogens with zero attached hydrogens (tertiary/aromatic N) is 1. The Hall–Kier alpha value is -2.62. The number of benzene rings is 2. The van der Waals surface area contributed by atoms with Gasteiger partial charge in [-0.2, -0.15) is 0 Å². The molecule has 0 fully saturated rings. The van der Waals surface area contributed by atoms with Crippen molar-refractivity contribution in [1.82, 2.24) is 4.90 Å². The SMILES string of the molecule is CCC[C@@H](C(=O)Nc1cccc(CC)c1)N1Cc2ccccc2C1=O. The Morgan fingerprint density at radius 2 is 1.96 bits per heavy atom. The van der Waals surface area contributed by atoms with Crippen LogP contribution in [0.1, 0.15) is 48.2 Å². The van der Waals surface area contributed by atoms with Crippen LogP contribution in [0, 0.1) is 0 Å². The van der Waals surface area contributed by atoms with E-state index >= 15 is 0 Å². The molecule has 1 aliphatic heterocycles. The Morgan fingerprint density at radius 3 is 2.68 bits per heavy atom. The second kappa shape index (κ2) is 7.51. The van der Waals surface area contributed by atoms with Crippen molar-refractivity contribution in [2.45, 2.75) is 45.7 Å². The predicted molar refractivity (Wildman–Crippen MR) is 99.5 cm³/mol. The maximum absolute atomic E-state index is 12.9. The molecule has 2 aromatic rings. The van der Waals surface area contributed by atoms with Gasteiger partial charge in [-0.05, 0) is 42.2 Å². The van der Waals surface area contributed by atoms with E-state index < -0.39 is 6.04 Å². The molecular formula is C21H24N2O2. The lowest BCUT2D eigenvalue weighted by Gasteiger charge is -2.26. The fourth-order valence-corrected chi connectivity index (χ4v) is 3.33. The van der Waals surface area contributed by atoms with Gasteiger partial charge in [-0.25, -0.2) is 0 Å². The van der Waals surface area contributed by atoms with Gasteiger partial charge < -0.3 is 10.2 Å². The summed E-state index contributed by atoms with van der Waals surface area (Å²) in [5.41, 5.74) is 3.67. The van der Waals surface area contributed by atoms with E-state index in [1.807, 2.05) is 55.5 Å². The number of hydrogen-bond donors (Lipinski definition) is 1. The average Bonchev–Trinajstić information content (AvgIpc) is 2.96. The van der Waals surface area contributed by atoms with Gasteiger partial charge in [-0.15, -0.1) is 0 Å². The molecule has 1 N–H and O–H groups in total. The van der Waals surface area contributed by atoms with Crippen molar-refractivity contribution in [2.75, 3.05) is 5.32 Å². The van der Waals surface area contributed by atoms with Crippen LogP contribution in [-0.2, 0) is 17.8 Å². The molecule has 0 spiro atoms. The third-order valence-electron chi connectivity index (χ3n) is 4.69. The molecule has 1 heterocycles. The minimum Gasteiger partial charge on any atom is -0.324 e. The molecule has 2 amide bonds. The van der Waals surface area contributed by atoms with Crippen molar-refractivity contribution in [3.05, 3.63) is 65.2 Å². The summed E-state index contributed by atoms with van der Waals surface area (Å²) in [5.74, 6) is -0.164. The van der Waals surface area contributed by atoms with Gasteiger partial charge in [-0.1, -0.05) is 50.6 Å². The van der Waals surface area contributed by atoms with E-state index in [2.05, 4.69) is 12.2 Å². The first-order valence-electron chi connectivity index (χ1n) is 8.92. The van der Waals surface area contributed by atoms with Crippen LogP contribution >= 0.6 is 0 Å². The highest BCUT2D eigenvalue weighted by Crippen LogP contribution is 2.26. The van der Waals surface area contributed by atoms with Gasteiger partial charge in [0.05, 0.1) is 0 Å². The van der Waals surface area contributed by atoms with Crippen LogP contribution in [0.5, 0.6) is 0 Å². The van der Waals surface area contributed by atoms with Gasteiger partial charge in [0.15, 0.2) is 0 Å². The van der Waals surface area contributed by atoms with E-state index in [4.69, 9.17) is 0 Å². The molecule has 0 aliphatic carbocycles. The number of aryl methyl sites for hydroxylation is 1. The summed E-state index contributed by atoms with van der Waals surface area (Å²) < 4.78 is 0. The summed E-state index contributed by atoms with van der Waals surface area (Å²) in [5, 5.41) is 2.99. The van der Waals surface area contributed by atoms with Crippen LogP contribution in [-0.4, -0.2) is 22.8 Å². The number of rotatable bonds is 6. The number of amides is 2. The molecule has 0 unspecified atom stereocenters. The van der Waals surface area contributed by atoms with E-state index in [9.17, 15) is 9.59 Å². The highest BCUT2D eigenvalue weighted by atomic mass is 16.2. The fourth-order valence-electron chi connectivity index (χ4n) is 3.33. The maximum atomic E-state index is 12.9. The number of hydrogen-bond acceptors (Lipinski definition) is 2. The summed E-state index contributed by atoms with van der Waals surface area (Å²) in [4.78, 5) is 27.3. The Kier molecular flexibility index (Phi) is 5.17. The van der Waals surface area contributed by atoms with Crippen LogP contribution < -0.4 is 5.32 Å². The molecule has 4 nitrogen and oxygen atoms in total. The lowest BCUT2D eigenvalue weighted by Crippen LogP contribution is -2.44. The molecule has 4 heteroatoms. The van der Waals surface area contributed by atoms with Gasteiger partial charge in [-0.3, -0.25) is 9.59 Å². The fraction of sp³-hybridized carbons (Fsp3) is 0.333. The summed E-state index contributed by atoms with van der Waals surface area (Å²) in [7, 11) is 0. The lowest BCUT2D eigenvalue weighted by molar-refractivity contribution is -0.120. The zero-order valence-corrected chi connectivity index (χ0v) is 14.8. The lowest BCUT2D eigenvalue weighted by atomic mass is 10.1. The minimum absolute atomic E-state index is 0.0495. The van der Waals surface area contributed by atoms with E-state index in [-0.39, 0.29) is 11.8 Å². The number of nitrogens with one attached hydrogen (secondary N) is 1. The molecule has 0 saturated carbocycles. The highest BCUT2D eigenvalue weighted by Gasteiger charge is 2.35. The molecule has 1 aliphatic rings. The maximum Gasteiger partial charge on any atom is 0.255 e. The third kappa shape index (κ3) is 3.58. The van der Waals surface area contributed by atoms with Crippen LogP contribution in [0.25, 0.3) is 0 Å². The Morgan fingerprint density at radius 1 is 1.16 bits per heavy atom. The normalized spacial score (nSPS) is 14.3. The van der Waals surface area contributed by atoms with Crippen LogP contribution in [0.2, 0.25) is 0 Å². The van der Waals surface area contributed by atoms with Gasteiger partial charge in [0.2, 0.25) is 5.91 Å². The quantitative estimate of drug-likeness (QED) is 0.866. The first-order chi connectivity index (χ1) is 12.1. The average molecular weight is 336 g/mol. The van der Waals surface area contributed by atoms with Crippen molar-refractivity contribution in [3.8, 4) is 0 Å². The number of carbonyl (C=O) groups is 2. The van der Waals surface area contributed by atoms with Crippen molar-refractivity contribution in [2.24, 2.45) is 0 Å². The van der Waals surface area contributed by atoms with Crippen molar-refractivity contribution < 1.29 is 9.59 Å². The van der Waals surface area contributed by atoms with Gasteiger partial charge in [0, 0.05) is 17.8 Å². The number of anilines is 1. The first kappa shape index (κ1) is 17.2. The molecule has 1 atom stereocenters. The molecule has 0 radical (unpaired) electrons. The minimum atomic E-state index is -0.449. The zero-order valence-electron chi connectivity index (χ0n) is 14.8. The molecular weight excluding hydrogens is 312 g/mol. The largest absolute Gasteiger partial charge is 0.324 e. The first-order valence-corrected chi connectivity index (χ1v) is 8.92. The second-order valence-electron chi connectivity index (χ2n) is 6.44. The van der Waals surface area contributed by atoms with Gasteiger partial charge >= 0.3 is 0 Å². The third-order valence-corrected chi connectivity index (χ3v) is 4.69. The number of carbonyl (C=O) groups excluding carboxylic acids is 2. The monoisotopic (exact) mass is 336 g/mol. The Bertz CT molecular complexity index is 785. The molecule has 0 bridgehead atoms.